The molecule has 6 heteroatoms. The van der Waals surface area contributed by atoms with Crippen LogP contribution in [0.4, 0.5) is 5.69 Å². The molecule has 1 aliphatic heterocycles. The number of aromatic nitrogens is 1. The summed E-state index contributed by atoms with van der Waals surface area (Å²) >= 11 is 0. The van der Waals surface area contributed by atoms with Gasteiger partial charge in [-0.3, -0.25) is 9.71 Å². The van der Waals surface area contributed by atoms with Crippen LogP contribution in [0.15, 0.2) is 35.2 Å². The molecule has 128 valence electrons. The van der Waals surface area contributed by atoms with E-state index in [0.29, 0.717) is 11.4 Å². The maximum atomic E-state index is 12.6. The second-order valence-corrected chi connectivity index (χ2v) is 8.13. The lowest BCUT2D eigenvalue weighted by Gasteiger charge is -2.14. The van der Waals surface area contributed by atoms with Crippen molar-refractivity contribution in [1.82, 2.24) is 9.88 Å². The third-order valence-corrected chi connectivity index (χ3v) is 5.83. The first-order valence-electron chi connectivity index (χ1n) is 8.12. The van der Waals surface area contributed by atoms with E-state index in [1.807, 2.05) is 19.9 Å². The summed E-state index contributed by atoms with van der Waals surface area (Å²) in [6, 6.07) is 8.79. The maximum absolute atomic E-state index is 12.6. The van der Waals surface area contributed by atoms with Crippen LogP contribution in [0.2, 0.25) is 0 Å². The average Bonchev–Trinajstić information content (AvgIpc) is 2.70. The molecule has 0 aliphatic carbocycles. The van der Waals surface area contributed by atoms with Crippen molar-refractivity contribution in [2.24, 2.45) is 0 Å². The molecule has 24 heavy (non-hydrogen) atoms. The van der Waals surface area contributed by atoms with Crippen LogP contribution in [0.1, 0.15) is 22.5 Å². The minimum atomic E-state index is -3.60. The summed E-state index contributed by atoms with van der Waals surface area (Å²) in [5.41, 5.74) is 4.52. The molecule has 5 nitrogen and oxygen atoms in total. The minimum Gasteiger partial charge on any atom is -0.306 e. The van der Waals surface area contributed by atoms with Gasteiger partial charge in [-0.1, -0.05) is 17.7 Å². The van der Waals surface area contributed by atoms with Crippen molar-refractivity contribution in [2.75, 3.05) is 24.9 Å². The van der Waals surface area contributed by atoms with E-state index in [2.05, 4.69) is 21.7 Å². The normalized spacial score (nSPS) is 15.6. The molecule has 0 saturated carbocycles. The van der Waals surface area contributed by atoms with Gasteiger partial charge in [0.2, 0.25) is 0 Å². The molecule has 0 bridgehead atoms. The van der Waals surface area contributed by atoms with Crippen LogP contribution in [-0.4, -0.2) is 38.4 Å². The Morgan fingerprint density at radius 3 is 2.46 bits per heavy atom. The molecule has 0 unspecified atom stereocenters. The lowest BCUT2D eigenvalue weighted by molar-refractivity contribution is 0.352. The third kappa shape index (κ3) is 3.60. The molecule has 2 aromatic rings. The van der Waals surface area contributed by atoms with E-state index in [9.17, 15) is 8.42 Å². The van der Waals surface area contributed by atoms with Crippen molar-refractivity contribution in [3.63, 3.8) is 0 Å². The zero-order valence-electron chi connectivity index (χ0n) is 14.3. The Hall–Kier alpha value is -1.92. The van der Waals surface area contributed by atoms with E-state index in [0.717, 1.165) is 42.8 Å². The van der Waals surface area contributed by atoms with E-state index in [-0.39, 0.29) is 4.90 Å². The van der Waals surface area contributed by atoms with E-state index in [1.165, 1.54) is 0 Å². The zero-order valence-corrected chi connectivity index (χ0v) is 15.2. The Labute approximate surface area is 143 Å². The second-order valence-electron chi connectivity index (χ2n) is 6.45. The topological polar surface area (TPSA) is 62.3 Å². The molecule has 1 aromatic carbocycles. The highest BCUT2D eigenvalue weighted by Crippen LogP contribution is 2.24. The minimum absolute atomic E-state index is 0.266. The van der Waals surface area contributed by atoms with Gasteiger partial charge >= 0.3 is 0 Å². The maximum Gasteiger partial charge on any atom is 0.261 e. The van der Waals surface area contributed by atoms with Gasteiger partial charge in [0.1, 0.15) is 0 Å². The fourth-order valence-corrected chi connectivity index (χ4v) is 3.98. The van der Waals surface area contributed by atoms with Gasteiger partial charge in [0.05, 0.1) is 16.3 Å². The molecule has 2 heterocycles. The van der Waals surface area contributed by atoms with Crippen molar-refractivity contribution in [3.8, 4) is 0 Å². The SMILES string of the molecule is Cc1ccc(S(=O)(=O)Nc2cc3c(nc2C)CCN(C)CC3)cc1. The number of rotatable bonds is 3. The van der Waals surface area contributed by atoms with E-state index in [4.69, 9.17) is 0 Å². The number of nitrogens with zero attached hydrogens (tertiary/aromatic N) is 2. The highest BCUT2D eigenvalue weighted by Gasteiger charge is 2.19. The van der Waals surface area contributed by atoms with Crippen LogP contribution in [0, 0.1) is 13.8 Å². The number of nitrogens with one attached hydrogen (secondary N) is 1. The van der Waals surface area contributed by atoms with Gasteiger partial charge in [-0.05, 0) is 51.1 Å². The number of sulfonamides is 1. The summed E-state index contributed by atoms with van der Waals surface area (Å²) in [6.45, 7) is 5.72. The smallest absolute Gasteiger partial charge is 0.261 e. The number of anilines is 1. The summed E-state index contributed by atoms with van der Waals surface area (Å²) in [5, 5.41) is 0. The lowest BCUT2D eigenvalue weighted by atomic mass is 10.1. The first-order chi connectivity index (χ1) is 11.3. The molecule has 0 spiro atoms. The molecule has 1 aromatic heterocycles. The van der Waals surface area contributed by atoms with Crippen molar-refractivity contribution < 1.29 is 8.42 Å². The summed E-state index contributed by atoms with van der Waals surface area (Å²) in [5.74, 6) is 0. The summed E-state index contributed by atoms with van der Waals surface area (Å²) in [4.78, 5) is 7.18. The van der Waals surface area contributed by atoms with Crippen LogP contribution < -0.4 is 4.72 Å². The number of hydrogen-bond donors (Lipinski definition) is 1. The first kappa shape index (κ1) is 16.9. The van der Waals surface area contributed by atoms with Crippen molar-refractivity contribution in [2.45, 2.75) is 31.6 Å². The number of hydrogen-bond acceptors (Lipinski definition) is 4. The number of aryl methyl sites for hydroxylation is 2. The first-order valence-corrected chi connectivity index (χ1v) is 9.61. The van der Waals surface area contributed by atoms with Gasteiger partial charge in [-0.2, -0.15) is 0 Å². The fraction of sp³-hybridized carbons (Fsp3) is 0.389. The number of benzene rings is 1. The van der Waals surface area contributed by atoms with Crippen LogP contribution in [0.3, 0.4) is 0 Å². The van der Waals surface area contributed by atoms with Gasteiger partial charge in [0.15, 0.2) is 0 Å². The average molecular weight is 345 g/mol. The Morgan fingerprint density at radius 1 is 1.08 bits per heavy atom. The van der Waals surface area contributed by atoms with Crippen molar-refractivity contribution >= 4 is 15.7 Å². The van der Waals surface area contributed by atoms with E-state index >= 15 is 0 Å². The highest BCUT2D eigenvalue weighted by atomic mass is 32.2. The quantitative estimate of drug-likeness (QED) is 0.928. The molecule has 0 fully saturated rings. The monoisotopic (exact) mass is 345 g/mol. The van der Waals surface area contributed by atoms with E-state index in [1.54, 1.807) is 24.3 Å². The molecule has 1 N–H and O–H groups in total. The largest absolute Gasteiger partial charge is 0.306 e. The summed E-state index contributed by atoms with van der Waals surface area (Å²) < 4.78 is 27.9. The molecule has 0 saturated heterocycles. The molecule has 0 atom stereocenters. The van der Waals surface area contributed by atoms with Gasteiger partial charge in [0.25, 0.3) is 10.0 Å². The molecule has 0 radical (unpaired) electrons. The molecular weight excluding hydrogens is 322 g/mol. The van der Waals surface area contributed by atoms with Crippen LogP contribution >= 0.6 is 0 Å². The van der Waals surface area contributed by atoms with Crippen molar-refractivity contribution in [1.29, 1.82) is 0 Å². The van der Waals surface area contributed by atoms with Gasteiger partial charge in [0, 0.05) is 25.2 Å². The molecular formula is C18H23N3O2S. The zero-order chi connectivity index (χ0) is 17.3. The predicted molar refractivity (Wildman–Crippen MR) is 95.9 cm³/mol. The standard InChI is InChI=1S/C18H23N3O2S/c1-13-4-6-16(7-5-13)24(22,23)20-18-12-15-8-10-21(3)11-9-17(15)19-14(18)2/h4-7,12,20H,8-11H2,1-3H3. The number of fused-ring (bicyclic) bond motifs is 1. The molecule has 0 amide bonds. The lowest BCUT2D eigenvalue weighted by Crippen LogP contribution is -2.20. The van der Waals surface area contributed by atoms with Crippen molar-refractivity contribution in [3.05, 3.63) is 52.8 Å². The predicted octanol–water partition coefficient (Wildman–Crippen LogP) is 2.53. The van der Waals surface area contributed by atoms with Gasteiger partial charge in [-0.15, -0.1) is 0 Å². The third-order valence-electron chi connectivity index (χ3n) is 4.45. The Bertz CT molecular complexity index is 845. The van der Waals surface area contributed by atoms with Crippen LogP contribution in [0.5, 0.6) is 0 Å². The van der Waals surface area contributed by atoms with Gasteiger partial charge in [-0.25, -0.2) is 8.42 Å². The molecule has 3 rings (SSSR count). The van der Waals surface area contributed by atoms with E-state index < -0.39 is 10.0 Å². The Kier molecular flexibility index (Phi) is 4.60. The Balaban J connectivity index is 1.91. The fourth-order valence-electron chi connectivity index (χ4n) is 2.87. The molecule has 1 aliphatic rings. The van der Waals surface area contributed by atoms with Gasteiger partial charge < -0.3 is 4.90 Å². The Morgan fingerprint density at radius 2 is 1.75 bits per heavy atom. The highest BCUT2D eigenvalue weighted by molar-refractivity contribution is 7.92. The van der Waals surface area contributed by atoms with Crippen LogP contribution in [0.25, 0.3) is 0 Å². The summed E-state index contributed by atoms with van der Waals surface area (Å²) in [7, 11) is -1.50. The number of likely N-dealkylation sites (N-methyl/N-ethyl adjacent to an activating group) is 1. The summed E-state index contributed by atoms with van der Waals surface area (Å²) in [6.07, 6.45) is 1.79. The second kappa shape index (κ2) is 6.53. The van der Waals surface area contributed by atoms with Crippen LogP contribution in [-0.2, 0) is 22.9 Å². The number of pyridine rings is 1.